The summed E-state index contributed by atoms with van der Waals surface area (Å²) in [5.74, 6) is -0.318. The Hall–Kier alpha value is -3.71. The van der Waals surface area contributed by atoms with Gasteiger partial charge in [0.05, 0.1) is 17.4 Å². The number of benzene rings is 2. The van der Waals surface area contributed by atoms with Gasteiger partial charge in [-0.05, 0) is 72.9 Å². The van der Waals surface area contributed by atoms with Crippen LogP contribution in [-0.4, -0.2) is 28.8 Å². The normalized spacial score (nSPS) is 17.8. The van der Waals surface area contributed by atoms with Crippen LogP contribution in [-0.2, 0) is 0 Å². The molecule has 2 aromatic carbocycles. The van der Waals surface area contributed by atoms with Crippen molar-refractivity contribution >= 4 is 28.7 Å². The number of hydrogen-bond donors (Lipinski definition) is 1. The standard InChI is InChI=1S/C26H24FN5S/c1-30(2)18-12-14-19(15-13-18)31-17-7-11-23(31)25-24(21-9-5-6-16-28-21)29-26(33)32(25)22-10-4-3-8-20(22)27/h3-17,24-25H,1-2H3,(H,29,33)/t24-,25-/m0/s1. The van der Waals surface area contributed by atoms with Crippen LogP contribution in [0, 0.1) is 5.82 Å². The maximum atomic E-state index is 14.9. The first-order chi connectivity index (χ1) is 16.0. The maximum Gasteiger partial charge on any atom is 0.174 e. The highest BCUT2D eigenvalue weighted by Crippen LogP contribution is 2.42. The molecule has 0 saturated carbocycles. The Morgan fingerprint density at radius 2 is 1.70 bits per heavy atom. The Morgan fingerprint density at radius 1 is 0.939 bits per heavy atom. The van der Waals surface area contributed by atoms with Gasteiger partial charge in [-0.2, -0.15) is 0 Å². The fourth-order valence-corrected chi connectivity index (χ4v) is 4.68. The first-order valence-corrected chi connectivity index (χ1v) is 11.2. The molecule has 166 valence electrons. The molecule has 0 amide bonds. The Kier molecular flexibility index (Phi) is 5.56. The van der Waals surface area contributed by atoms with Crippen LogP contribution in [0.2, 0.25) is 0 Å². The first-order valence-electron chi connectivity index (χ1n) is 10.7. The third kappa shape index (κ3) is 3.85. The van der Waals surface area contributed by atoms with Gasteiger partial charge in [0, 0.05) is 43.6 Å². The fraction of sp³-hybridized carbons (Fsp3) is 0.154. The number of nitrogens with zero attached hydrogens (tertiary/aromatic N) is 4. The molecule has 7 heteroatoms. The van der Waals surface area contributed by atoms with Crippen LogP contribution in [0.1, 0.15) is 23.5 Å². The number of thiocarbonyl (C=S) groups is 1. The van der Waals surface area contributed by atoms with Crippen molar-refractivity contribution in [1.82, 2.24) is 14.9 Å². The van der Waals surface area contributed by atoms with Crippen molar-refractivity contribution in [3.63, 3.8) is 0 Å². The molecule has 0 unspecified atom stereocenters. The molecule has 1 fully saturated rings. The first kappa shape index (κ1) is 21.2. The minimum absolute atomic E-state index is 0.243. The Bertz CT molecular complexity index is 1270. The minimum Gasteiger partial charge on any atom is -0.378 e. The summed E-state index contributed by atoms with van der Waals surface area (Å²) >= 11 is 5.72. The summed E-state index contributed by atoms with van der Waals surface area (Å²) in [4.78, 5) is 8.51. The molecule has 2 aromatic heterocycles. The van der Waals surface area contributed by atoms with Gasteiger partial charge in [-0.3, -0.25) is 4.98 Å². The highest BCUT2D eigenvalue weighted by Gasteiger charge is 2.42. The van der Waals surface area contributed by atoms with Gasteiger partial charge in [-0.25, -0.2) is 4.39 Å². The van der Waals surface area contributed by atoms with Crippen molar-refractivity contribution < 1.29 is 4.39 Å². The third-order valence-corrected chi connectivity index (χ3v) is 6.25. The number of pyridine rings is 1. The van der Waals surface area contributed by atoms with E-state index >= 15 is 0 Å². The number of aromatic nitrogens is 2. The number of anilines is 2. The molecule has 4 aromatic rings. The summed E-state index contributed by atoms with van der Waals surface area (Å²) in [5, 5.41) is 3.86. The number of rotatable bonds is 5. The van der Waals surface area contributed by atoms with E-state index in [0.717, 1.165) is 22.8 Å². The highest BCUT2D eigenvalue weighted by molar-refractivity contribution is 7.80. The zero-order chi connectivity index (χ0) is 22.9. The molecule has 0 radical (unpaired) electrons. The molecule has 1 saturated heterocycles. The molecule has 33 heavy (non-hydrogen) atoms. The van der Waals surface area contributed by atoms with Crippen molar-refractivity contribution in [3.8, 4) is 5.69 Å². The number of para-hydroxylation sites is 1. The fourth-order valence-electron chi connectivity index (χ4n) is 4.34. The van der Waals surface area contributed by atoms with Gasteiger partial charge in [0.25, 0.3) is 0 Å². The zero-order valence-corrected chi connectivity index (χ0v) is 19.2. The van der Waals surface area contributed by atoms with Crippen molar-refractivity contribution in [1.29, 1.82) is 0 Å². The quantitative estimate of drug-likeness (QED) is 0.414. The molecule has 1 aliphatic rings. The summed E-state index contributed by atoms with van der Waals surface area (Å²) in [7, 11) is 4.04. The van der Waals surface area contributed by atoms with Crippen molar-refractivity contribution in [2.45, 2.75) is 12.1 Å². The molecule has 0 spiro atoms. The summed E-state index contributed by atoms with van der Waals surface area (Å²) in [6.45, 7) is 0. The van der Waals surface area contributed by atoms with E-state index in [1.165, 1.54) is 6.07 Å². The van der Waals surface area contributed by atoms with E-state index in [2.05, 4.69) is 50.1 Å². The maximum absolute atomic E-state index is 14.9. The molecule has 2 atom stereocenters. The van der Waals surface area contributed by atoms with Crippen molar-refractivity contribution in [3.05, 3.63) is 108 Å². The van der Waals surface area contributed by atoms with Crippen LogP contribution in [0.25, 0.3) is 5.69 Å². The van der Waals surface area contributed by atoms with E-state index in [-0.39, 0.29) is 17.9 Å². The molecule has 5 nitrogen and oxygen atoms in total. The second-order valence-electron chi connectivity index (χ2n) is 8.16. The van der Waals surface area contributed by atoms with E-state index in [1.807, 2.05) is 55.5 Å². The molecule has 0 bridgehead atoms. The summed E-state index contributed by atoms with van der Waals surface area (Å²) in [6.07, 6.45) is 3.79. The van der Waals surface area contributed by atoms with Gasteiger partial charge in [0.1, 0.15) is 11.9 Å². The zero-order valence-electron chi connectivity index (χ0n) is 18.4. The lowest BCUT2D eigenvalue weighted by molar-refractivity contribution is 0.542. The van der Waals surface area contributed by atoms with E-state index in [0.29, 0.717) is 10.8 Å². The molecule has 1 N–H and O–H groups in total. The second-order valence-corrected chi connectivity index (χ2v) is 8.55. The van der Waals surface area contributed by atoms with Gasteiger partial charge in [-0.1, -0.05) is 18.2 Å². The summed E-state index contributed by atoms with van der Waals surface area (Å²) in [6, 6.07) is 24.4. The lowest BCUT2D eigenvalue weighted by Crippen LogP contribution is -2.31. The van der Waals surface area contributed by atoms with Gasteiger partial charge in [-0.15, -0.1) is 0 Å². The van der Waals surface area contributed by atoms with Crippen LogP contribution >= 0.6 is 12.2 Å². The SMILES string of the molecule is CN(C)c1ccc(-n2cccc2[C@H]2[C@H](c3ccccn3)NC(=S)N2c2ccccc2F)cc1. The monoisotopic (exact) mass is 457 g/mol. The topological polar surface area (TPSA) is 36.3 Å². The Labute approximate surface area is 198 Å². The summed E-state index contributed by atoms with van der Waals surface area (Å²) < 4.78 is 17.1. The summed E-state index contributed by atoms with van der Waals surface area (Å²) in [5.41, 5.74) is 4.41. The Balaban J connectivity index is 1.65. The molecule has 5 rings (SSSR count). The number of nitrogens with one attached hydrogen (secondary N) is 1. The lowest BCUT2D eigenvalue weighted by atomic mass is 10.0. The minimum atomic E-state index is -0.318. The van der Waals surface area contributed by atoms with Crippen molar-refractivity contribution in [2.75, 3.05) is 23.9 Å². The Morgan fingerprint density at radius 3 is 2.39 bits per heavy atom. The third-order valence-electron chi connectivity index (χ3n) is 5.94. The predicted molar refractivity (Wildman–Crippen MR) is 134 cm³/mol. The van der Waals surface area contributed by atoms with Gasteiger partial charge in [0.15, 0.2) is 5.11 Å². The largest absolute Gasteiger partial charge is 0.378 e. The predicted octanol–water partition coefficient (Wildman–Crippen LogP) is 5.25. The van der Waals surface area contributed by atoms with E-state index in [1.54, 1.807) is 18.3 Å². The average molecular weight is 458 g/mol. The molecular weight excluding hydrogens is 433 g/mol. The number of halogens is 1. The van der Waals surface area contributed by atoms with Crippen LogP contribution in [0.4, 0.5) is 15.8 Å². The van der Waals surface area contributed by atoms with Crippen LogP contribution in [0.3, 0.4) is 0 Å². The molecule has 1 aliphatic heterocycles. The van der Waals surface area contributed by atoms with Crippen LogP contribution < -0.4 is 15.1 Å². The van der Waals surface area contributed by atoms with E-state index < -0.39 is 0 Å². The van der Waals surface area contributed by atoms with Gasteiger partial charge < -0.3 is 19.7 Å². The van der Waals surface area contributed by atoms with Crippen LogP contribution in [0.15, 0.2) is 91.3 Å². The highest BCUT2D eigenvalue weighted by atomic mass is 32.1. The molecule has 0 aliphatic carbocycles. The van der Waals surface area contributed by atoms with Crippen molar-refractivity contribution in [2.24, 2.45) is 0 Å². The molecular formula is C26H24FN5S. The van der Waals surface area contributed by atoms with Crippen LogP contribution in [0.5, 0.6) is 0 Å². The van der Waals surface area contributed by atoms with E-state index in [4.69, 9.17) is 12.2 Å². The smallest absolute Gasteiger partial charge is 0.174 e. The second kappa shape index (κ2) is 8.67. The average Bonchev–Trinajstić information content (AvgIpc) is 3.44. The van der Waals surface area contributed by atoms with E-state index in [9.17, 15) is 4.39 Å². The molecule has 3 heterocycles. The van der Waals surface area contributed by atoms with Gasteiger partial charge >= 0.3 is 0 Å². The van der Waals surface area contributed by atoms with Gasteiger partial charge in [0.2, 0.25) is 0 Å². The lowest BCUT2D eigenvalue weighted by Gasteiger charge is -2.29. The number of hydrogen-bond acceptors (Lipinski definition) is 3.